The van der Waals surface area contributed by atoms with Gasteiger partial charge in [0, 0.05) is 17.2 Å². The molecule has 0 heterocycles. The summed E-state index contributed by atoms with van der Waals surface area (Å²) < 4.78 is 0. The number of anilines is 1. The molecule has 0 atom stereocenters. The molecule has 0 aliphatic heterocycles. The highest BCUT2D eigenvalue weighted by Gasteiger charge is 2.07. The molecule has 3 nitrogen and oxygen atoms in total. The number of amides is 1. The number of carbonyl (C=O) groups excluding carboxylic acids is 1. The van der Waals surface area contributed by atoms with Crippen LogP contribution in [0.2, 0.25) is 0 Å². The van der Waals surface area contributed by atoms with Crippen LogP contribution in [-0.4, -0.2) is 17.6 Å². The van der Waals surface area contributed by atoms with E-state index in [2.05, 4.69) is 17.2 Å². The SMILES string of the molecule is Cc1cc(C#CCO)cc(NC(=O)C(C)C)c1. The fourth-order valence-electron chi connectivity index (χ4n) is 1.36. The summed E-state index contributed by atoms with van der Waals surface area (Å²) in [4.78, 5) is 11.6. The predicted octanol–water partition coefficient (Wildman–Crippen LogP) is 1.93. The van der Waals surface area contributed by atoms with E-state index in [1.165, 1.54) is 0 Å². The van der Waals surface area contributed by atoms with Crippen molar-refractivity contribution >= 4 is 11.6 Å². The Labute approximate surface area is 102 Å². The maximum absolute atomic E-state index is 11.6. The Hall–Kier alpha value is -1.79. The first-order chi connectivity index (χ1) is 8.02. The van der Waals surface area contributed by atoms with Crippen molar-refractivity contribution in [1.82, 2.24) is 0 Å². The van der Waals surface area contributed by atoms with E-state index in [-0.39, 0.29) is 18.4 Å². The van der Waals surface area contributed by atoms with Crippen molar-refractivity contribution < 1.29 is 9.90 Å². The molecule has 0 spiro atoms. The molecular formula is C14H17NO2. The number of benzene rings is 1. The number of hydrogen-bond acceptors (Lipinski definition) is 2. The summed E-state index contributed by atoms with van der Waals surface area (Å²) >= 11 is 0. The molecule has 1 amide bonds. The lowest BCUT2D eigenvalue weighted by Gasteiger charge is -2.09. The van der Waals surface area contributed by atoms with Crippen LogP contribution < -0.4 is 5.32 Å². The Morgan fingerprint density at radius 3 is 2.71 bits per heavy atom. The minimum absolute atomic E-state index is 0.0170. The largest absolute Gasteiger partial charge is 0.384 e. The summed E-state index contributed by atoms with van der Waals surface area (Å²) in [7, 11) is 0. The van der Waals surface area contributed by atoms with Crippen molar-refractivity contribution in [2.45, 2.75) is 20.8 Å². The fourth-order valence-corrected chi connectivity index (χ4v) is 1.36. The number of rotatable bonds is 2. The second-order valence-electron chi connectivity index (χ2n) is 4.19. The third kappa shape index (κ3) is 4.29. The third-order valence-corrected chi connectivity index (χ3v) is 2.18. The number of hydrogen-bond donors (Lipinski definition) is 2. The molecule has 0 unspecified atom stereocenters. The van der Waals surface area contributed by atoms with Crippen molar-refractivity contribution in [3.8, 4) is 11.8 Å². The molecule has 90 valence electrons. The summed E-state index contributed by atoms with van der Waals surface area (Å²) in [6.45, 7) is 5.46. The highest BCUT2D eigenvalue weighted by Crippen LogP contribution is 2.14. The van der Waals surface area contributed by atoms with Crippen molar-refractivity contribution in [3.63, 3.8) is 0 Å². The number of carbonyl (C=O) groups is 1. The second-order valence-corrected chi connectivity index (χ2v) is 4.19. The van der Waals surface area contributed by atoms with Gasteiger partial charge in [0.15, 0.2) is 0 Å². The molecule has 1 aromatic carbocycles. The molecule has 2 N–H and O–H groups in total. The molecule has 1 rings (SSSR count). The van der Waals surface area contributed by atoms with Gasteiger partial charge in [-0.1, -0.05) is 25.7 Å². The first-order valence-corrected chi connectivity index (χ1v) is 5.55. The third-order valence-electron chi connectivity index (χ3n) is 2.18. The van der Waals surface area contributed by atoms with Crippen LogP contribution in [0.5, 0.6) is 0 Å². The van der Waals surface area contributed by atoms with Crippen molar-refractivity contribution in [2.75, 3.05) is 11.9 Å². The van der Waals surface area contributed by atoms with Crippen LogP contribution in [0.15, 0.2) is 18.2 Å². The monoisotopic (exact) mass is 231 g/mol. The van der Waals surface area contributed by atoms with Crippen LogP contribution in [0, 0.1) is 24.7 Å². The Balaban J connectivity index is 2.93. The zero-order chi connectivity index (χ0) is 12.8. The zero-order valence-electron chi connectivity index (χ0n) is 10.4. The van der Waals surface area contributed by atoms with Crippen LogP contribution in [-0.2, 0) is 4.79 Å². The van der Waals surface area contributed by atoms with Crippen LogP contribution in [0.4, 0.5) is 5.69 Å². The van der Waals surface area contributed by atoms with Gasteiger partial charge < -0.3 is 10.4 Å². The molecule has 17 heavy (non-hydrogen) atoms. The van der Waals surface area contributed by atoms with E-state index >= 15 is 0 Å². The van der Waals surface area contributed by atoms with E-state index in [0.717, 1.165) is 16.8 Å². The summed E-state index contributed by atoms with van der Waals surface area (Å²) in [6.07, 6.45) is 0. The molecule has 0 radical (unpaired) electrons. The lowest BCUT2D eigenvalue weighted by Crippen LogP contribution is -2.17. The summed E-state index contributed by atoms with van der Waals surface area (Å²) in [5.74, 6) is 5.34. The number of aliphatic hydroxyl groups is 1. The van der Waals surface area contributed by atoms with Gasteiger partial charge in [0.2, 0.25) is 5.91 Å². The second kappa shape index (κ2) is 6.07. The van der Waals surface area contributed by atoms with E-state index < -0.39 is 0 Å². The molecular weight excluding hydrogens is 214 g/mol. The van der Waals surface area contributed by atoms with Crippen molar-refractivity contribution in [3.05, 3.63) is 29.3 Å². The molecule has 1 aromatic rings. The summed E-state index contributed by atoms with van der Waals surface area (Å²) in [6, 6.07) is 5.61. The highest BCUT2D eigenvalue weighted by atomic mass is 16.2. The minimum atomic E-state index is -0.165. The lowest BCUT2D eigenvalue weighted by atomic mass is 10.1. The van der Waals surface area contributed by atoms with Crippen molar-refractivity contribution in [2.24, 2.45) is 5.92 Å². The van der Waals surface area contributed by atoms with Crippen LogP contribution in [0.3, 0.4) is 0 Å². The van der Waals surface area contributed by atoms with Gasteiger partial charge in [-0.15, -0.1) is 0 Å². The maximum Gasteiger partial charge on any atom is 0.226 e. The minimum Gasteiger partial charge on any atom is -0.384 e. The average molecular weight is 231 g/mol. The fraction of sp³-hybridized carbons (Fsp3) is 0.357. The van der Waals surface area contributed by atoms with E-state index in [4.69, 9.17) is 5.11 Å². The standard InChI is InChI=1S/C14H17NO2/c1-10(2)14(17)15-13-8-11(3)7-12(9-13)5-4-6-16/h7-10,16H,6H2,1-3H3,(H,15,17). The van der Waals surface area contributed by atoms with Gasteiger partial charge in [0.25, 0.3) is 0 Å². The normalized spacial score (nSPS) is 9.71. The van der Waals surface area contributed by atoms with Gasteiger partial charge in [-0.2, -0.15) is 0 Å². The van der Waals surface area contributed by atoms with Gasteiger partial charge in [-0.05, 0) is 30.7 Å². The van der Waals surface area contributed by atoms with Crippen LogP contribution >= 0.6 is 0 Å². The van der Waals surface area contributed by atoms with Gasteiger partial charge >= 0.3 is 0 Å². The lowest BCUT2D eigenvalue weighted by molar-refractivity contribution is -0.118. The molecule has 0 saturated carbocycles. The zero-order valence-corrected chi connectivity index (χ0v) is 10.4. The summed E-state index contributed by atoms with van der Waals surface area (Å²) in [5.41, 5.74) is 2.55. The van der Waals surface area contributed by atoms with E-state index in [0.29, 0.717) is 0 Å². The van der Waals surface area contributed by atoms with Gasteiger partial charge in [-0.3, -0.25) is 4.79 Å². The summed E-state index contributed by atoms with van der Waals surface area (Å²) in [5, 5.41) is 11.5. The smallest absolute Gasteiger partial charge is 0.226 e. The van der Waals surface area contributed by atoms with Crippen LogP contribution in [0.1, 0.15) is 25.0 Å². The molecule has 3 heteroatoms. The Kier molecular flexibility index (Phi) is 4.74. The van der Waals surface area contributed by atoms with E-state index in [9.17, 15) is 4.79 Å². The Bertz CT molecular complexity index is 467. The van der Waals surface area contributed by atoms with Gasteiger partial charge in [0.05, 0.1) is 0 Å². The molecule has 0 bridgehead atoms. The Morgan fingerprint density at radius 2 is 2.12 bits per heavy atom. The molecule has 0 saturated heterocycles. The van der Waals surface area contributed by atoms with Gasteiger partial charge in [0.1, 0.15) is 6.61 Å². The number of nitrogens with one attached hydrogen (secondary N) is 1. The topological polar surface area (TPSA) is 49.3 Å². The van der Waals surface area contributed by atoms with E-state index in [1.807, 2.05) is 32.9 Å². The molecule has 0 fully saturated rings. The predicted molar refractivity (Wildman–Crippen MR) is 68.6 cm³/mol. The highest BCUT2D eigenvalue weighted by molar-refractivity contribution is 5.92. The molecule has 0 aliphatic carbocycles. The maximum atomic E-state index is 11.6. The molecule has 0 aliphatic rings. The van der Waals surface area contributed by atoms with Crippen LogP contribution in [0.25, 0.3) is 0 Å². The Morgan fingerprint density at radius 1 is 1.41 bits per heavy atom. The first-order valence-electron chi connectivity index (χ1n) is 5.55. The number of aryl methyl sites for hydroxylation is 1. The number of aliphatic hydroxyl groups excluding tert-OH is 1. The quantitative estimate of drug-likeness (QED) is 0.764. The average Bonchev–Trinajstić information content (AvgIpc) is 2.25. The van der Waals surface area contributed by atoms with Gasteiger partial charge in [-0.25, -0.2) is 0 Å². The van der Waals surface area contributed by atoms with E-state index in [1.54, 1.807) is 6.07 Å². The first kappa shape index (κ1) is 13.3. The van der Waals surface area contributed by atoms with Crippen molar-refractivity contribution in [1.29, 1.82) is 0 Å². The molecule has 0 aromatic heterocycles.